The number of aryl methyl sites for hydroxylation is 1. The Hall–Kier alpha value is -3.20. The van der Waals surface area contributed by atoms with E-state index in [9.17, 15) is 4.79 Å². The number of allylic oxidation sites excluding steroid dienone is 1. The lowest BCUT2D eigenvalue weighted by Crippen LogP contribution is -2.16. The Morgan fingerprint density at radius 2 is 2.15 bits per heavy atom. The standard InChI is InChI=1S/C21H23N5O/c1-15-12-19(20(27)25-18-9-5-8-17(13-18)14-22)26-21(24-15)23-11-10-16-6-3-2-4-7-16/h5-6,8-9,12-13H,2-4,7,10-11H2,1H3,(H,25,27)(H,23,24,26). The number of rotatable bonds is 6. The molecule has 3 rings (SSSR count). The fourth-order valence-corrected chi connectivity index (χ4v) is 3.09. The maximum atomic E-state index is 12.5. The third kappa shape index (κ3) is 5.38. The van der Waals surface area contributed by atoms with E-state index in [0.29, 0.717) is 22.9 Å². The van der Waals surface area contributed by atoms with Gasteiger partial charge in [0, 0.05) is 17.9 Å². The van der Waals surface area contributed by atoms with E-state index in [0.717, 1.165) is 18.7 Å². The predicted molar refractivity (Wildman–Crippen MR) is 106 cm³/mol. The van der Waals surface area contributed by atoms with Crippen molar-refractivity contribution in [3.05, 3.63) is 58.9 Å². The van der Waals surface area contributed by atoms with Crippen molar-refractivity contribution in [2.24, 2.45) is 0 Å². The van der Waals surface area contributed by atoms with Crippen LogP contribution >= 0.6 is 0 Å². The molecule has 1 aliphatic rings. The van der Waals surface area contributed by atoms with Crippen LogP contribution in [0.25, 0.3) is 0 Å². The van der Waals surface area contributed by atoms with Crippen LogP contribution in [-0.4, -0.2) is 22.4 Å². The number of hydrogen-bond acceptors (Lipinski definition) is 5. The third-order valence-corrected chi connectivity index (χ3v) is 4.45. The van der Waals surface area contributed by atoms with Crippen LogP contribution in [0.2, 0.25) is 0 Å². The molecule has 0 spiro atoms. The van der Waals surface area contributed by atoms with E-state index in [2.05, 4.69) is 32.7 Å². The van der Waals surface area contributed by atoms with E-state index in [1.54, 1.807) is 30.3 Å². The number of hydrogen-bond donors (Lipinski definition) is 2. The molecule has 0 bridgehead atoms. The maximum absolute atomic E-state index is 12.5. The van der Waals surface area contributed by atoms with Crippen LogP contribution in [-0.2, 0) is 0 Å². The first-order chi connectivity index (χ1) is 13.1. The van der Waals surface area contributed by atoms with E-state index in [1.165, 1.54) is 31.3 Å². The summed E-state index contributed by atoms with van der Waals surface area (Å²) in [6, 6.07) is 10.5. The summed E-state index contributed by atoms with van der Waals surface area (Å²) >= 11 is 0. The van der Waals surface area contributed by atoms with Gasteiger partial charge < -0.3 is 10.6 Å². The Kier molecular flexibility index (Phi) is 6.16. The Morgan fingerprint density at radius 1 is 1.26 bits per heavy atom. The Morgan fingerprint density at radius 3 is 2.93 bits per heavy atom. The van der Waals surface area contributed by atoms with Crippen molar-refractivity contribution >= 4 is 17.5 Å². The molecule has 138 valence electrons. The molecule has 1 aromatic carbocycles. The molecule has 0 saturated heterocycles. The second-order valence-corrected chi connectivity index (χ2v) is 6.65. The monoisotopic (exact) mass is 361 g/mol. The van der Waals surface area contributed by atoms with Gasteiger partial charge in [-0.3, -0.25) is 4.79 Å². The molecule has 6 heteroatoms. The molecule has 0 fully saturated rings. The van der Waals surface area contributed by atoms with Crippen molar-refractivity contribution < 1.29 is 4.79 Å². The number of amides is 1. The van der Waals surface area contributed by atoms with E-state index >= 15 is 0 Å². The molecule has 0 saturated carbocycles. The average Bonchev–Trinajstić information content (AvgIpc) is 2.68. The summed E-state index contributed by atoms with van der Waals surface area (Å²) in [5, 5.41) is 15.0. The van der Waals surface area contributed by atoms with Crippen molar-refractivity contribution in [3.63, 3.8) is 0 Å². The average molecular weight is 361 g/mol. The summed E-state index contributed by atoms with van der Waals surface area (Å²) in [6.45, 7) is 2.59. The number of nitriles is 1. The smallest absolute Gasteiger partial charge is 0.274 e. The van der Waals surface area contributed by atoms with Gasteiger partial charge in [0.1, 0.15) is 5.69 Å². The van der Waals surface area contributed by atoms with Gasteiger partial charge in [-0.25, -0.2) is 9.97 Å². The highest BCUT2D eigenvalue weighted by molar-refractivity contribution is 6.03. The van der Waals surface area contributed by atoms with E-state index in [1.807, 2.05) is 6.92 Å². The summed E-state index contributed by atoms with van der Waals surface area (Å²) in [5.74, 6) is 0.135. The molecule has 27 heavy (non-hydrogen) atoms. The SMILES string of the molecule is Cc1cc(C(=O)Nc2cccc(C#N)c2)nc(NCCC2=CCCCC2)n1. The lowest BCUT2D eigenvalue weighted by molar-refractivity contribution is 0.102. The van der Waals surface area contributed by atoms with E-state index in [4.69, 9.17) is 5.26 Å². The zero-order valence-electron chi connectivity index (χ0n) is 15.5. The molecule has 1 aromatic heterocycles. The molecular formula is C21H23N5O. The molecule has 1 amide bonds. The van der Waals surface area contributed by atoms with E-state index < -0.39 is 0 Å². The number of nitrogens with zero attached hydrogens (tertiary/aromatic N) is 3. The van der Waals surface area contributed by atoms with Crippen molar-refractivity contribution in [1.82, 2.24) is 9.97 Å². The minimum Gasteiger partial charge on any atom is -0.354 e. The number of anilines is 2. The van der Waals surface area contributed by atoms with Crippen molar-refractivity contribution in [2.45, 2.75) is 39.0 Å². The Balaban J connectivity index is 1.64. The topological polar surface area (TPSA) is 90.7 Å². The Bertz CT molecular complexity index is 898. The summed E-state index contributed by atoms with van der Waals surface area (Å²) in [7, 11) is 0. The van der Waals surface area contributed by atoms with Gasteiger partial charge >= 0.3 is 0 Å². The first-order valence-corrected chi connectivity index (χ1v) is 9.23. The molecular weight excluding hydrogens is 338 g/mol. The van der Waals surface area contributed by atoms with Gasteiger partial charge in [0.2, 0.25) is 5.95 Å². The molecule has 2 aromatic rings. The van der Waals surface area contributed by atoms with Crippen LogP contribution in [0.1, 0.15) is 53.8 Å². The minimum absolute atomic E-state index is 0.296. The number of carbonyl (C=O) groups is 1. The lowest BCUT2D eigenvalue weighted by Gasteiger charge is -2.13. The highest BCUT2D eigenvalue weighted by Crippen LogP contribution is 2.20. The van der Waals surface area contributed by atoms with E-state index in [-0.39, 0.29) is 5.91 Å². The number of aromatic nitrogens is 2. The van der Waals surface area contributed by atoms with Crippen LogP contribution in [0.3, 0.4) is 0 Å². The van der Waals surface area contributed by atoms with Crippen LogP contribution in [0, 0.1) is 18.3 Å². The van der Waals surface area contributed by atoms with Gasteiger partial charge in [-0.15, -0.1) is 0 Å². The maximum Gasteiger partial charge on any atom is 0.274 e. The van der Waals surface area contributed by atoms with Gasteiger partial charge in [-0.2, -0.15) is 5.26 Å². The number of nitrogens with one attached hydrogen (secondary N) is 2. The van der Waals surface area contributed by atoms with Crippen LogP contribution in [0.4, 0.5) is 11.6 Å². The highest BCUT2D eigenvalue weighted by Gasteiger charge is 2.12. The molecule has 1 aliphatic carbocycles. The first-order valence-electron chi connectivity index (χ1n) is 9.23. The molecule has 0 unspecified atom stereocenters. The summed E-state index contributed by atoms with van der Waals surface area (Å²) in [5.41, 5.74) is 3.56. The number of carbonyl (C=O) groups excluding carboxylic acids is 1. The molecule has 2 N–H and O–H groups in total. The second-order valence-electron chi connectivity index (χ2n) is 6.65. The van der Waals surface area contributed by atoms with Crippen molar-refractivity contribution in [1.29, 1.82) is 5.26 Å². The second kappa shape index (κ2) is 8.95. The van der Waals surface area contributed by atoms with Gasteiger partial charge in [-0.05, 0) is 63.3 Å². The molecule has 0 atom stereocenters. The fourth-order valence-electron chi connectivity index (χ4n) is 3.09. The summed E-state index contributed by atoms with van der Waals surface area (Å²) in [6.07, 6.45) is 8.20. The molecule has 6 nitrogen and oxygen atoms in total. The quantitative estimate of drug-likeness (QED) is 0.752. The molecule has 0 aliphatic heterocycles. The zero-order valence-corrected chi connectivity index (χ0v) is 15.5. The summed E-state index contributed by atoms with van der Waals surface area (Å²) in [4.78, 5) is 21.2. The van der Waals surface area contributed by atoms with Crippen LogP contribution in [0.15, 0.2) is 42.0 Å². The number of benzene rings is 1. The van der Waals surface area contributed by atoms with Crippen LogP contribution < -0.4 is 10.6 Å². The normalized spacial score (nSPS) is 13.4. The van der Waals surface area contributed by atoms with Gasteiger partial charge in [0.15, 0.2) is 0 Å². The van der Waals surface area contributed by atoms with Crippen molar-refractivity contribution in [2.75, 3.05) is 17.2 Å². The highest BCUT2D eigenvalue weighted by atomic mass is 16.1. The van der Waals surface area contributed by atoms with Crippen molar-refractivity contribution in [3.8, 4) is 6.07 Å². The first kappa shape index (κ1) is 18.6. The summed E-state index contributed by atoms with van der Waals surface area (Å²) < 4.78 is 0. The van der Waals surface area contributed by atoms with Gasteiger partial charge in [0.05, 0.1) is 11.6 Å². The minimum atomic E-state index is -0.325. The fraction of sp³-hybridized carbons (Fsp3) is 0.333. The zero-order chi connectivity index (χ0) is 19.1. The largest absolute Gasteiger partial charge is 0.354 e. The van der Waals surface area contributed by atoms with Crippen LogP contribution in [0.5, 0.6) is 0 Å². The van der Waals surface area contributed by atoms with Gasteiger partial charge in [-0.1, -0.05) is 17.7 Å². The molecule has 0 radical (unpaired) electrons. The third-order valence-electron chi connectivity index (χ3n) is 4.45. The Labute approximate surface area is 159 Å². The van der Waals surface area contributed by atoms with Gasteiger partial charge in [0.25, 0.3) is 5.91 Å². The molecule has 1 heterocycles. The predicted octanol–water partition coefficient (Wildman–Crippen LogP) is 4.21. The lowest BCUT2D eigenvalue weighted by atomic mass is 9.97.